The number of ether oxygens (including phenoxy) is 1. The molecule has 4 heteroatoms. The first-order valence-corrected chi connectivity index (χ1v) is 6.63. The predicted octanol–water partition coefficient (Wildman–Crippen LogP) is 3.49. The highest BCUT2D eigenvalue weighted by Crippen LogP contribution is 2.15. The van der Waals surface area contributed by atoms with Gasteiger partial charge in [-0.1, -0.05) is 35.3 Å². The molecule has 0 aliphatic carbocycles. The summed E-state index contributed by atoms with van der Waals surface area (Å²) in [6.45, 7) is 3.32. The van der Waals surface area contributed by atoms with E-state index in [0.717, 1.165) is 17.3 Å². The van der Waals surface area contributed by atoms with E-state index in [0.29, 0.717) is 18.7 Å². The maximum atomic E-state index is 13.6. The van der Waals surface area contributed by atoms with Gasteiger partial charge in [0.1, 0.15) is 5.82 Å². The minimum atomic E-state index is -0.181. The van der Waals surface area contributed by atoms with Crippen LogP contribution in [0.3, 0.4) is 0 Å². The molecule has 0 amide bonds. The van der Waals surface area contributed by atoms with Gasteiger partial charge in [-0.15, -0.1) is 0 Å². The molecule has 96 valence electrons. The van der Waals surface area contributed by atoms with Gasteiger partial charge >= 0.3 is 0 Å². The highest BCUT2D eigenvalue weighted by atomic mass is 79.9. The van der Waals surface area contributed by atoms with Crippen molar-refractivity contribution in [3.8, 4) is 0 Å². The molecule has 1 aromatic carbocycles. The van der Waals surface area contributed by atoms with Gasteiger partial charge in [0, 0.05) is 29.7 Å². The summed E-state index contributed by atoms with van der Waals surface area (Å²) < 4.78 is 19.5. The summed E-state index contributed by atoms with van der Waals surface area (Å²) in [5.41, 5.74) is 0.686. The lowest BCUT2D eigenvalue weighted by atomic mass is 10.1. The Morgan fingerprint density at radius 1 is 1.47 bits per heavy atom. The van der Waals surface area contributed by atoms with Gasteiger partial charge in [-0.3, -0.25) is 0 Å². The fourth-order valence-electron chi connectivity index (χ4n) is 1.71. The SMILES string of the molecule is CCCC(COC)NCc1ccc(Br)cc1F. The van der Waals surface area contributed by atoms with Gasteiger partial charge < -0.3 is 10.1 Å². The van der Waals surface area contributed by atoms with Crippen molar-refractivity contribution in [1.29, 1.82) is 0 Å². The van der Waals surface area contributed by atoms with E-state index in [2.05, 4.69) is 28.2 Å². The summed E-state index contributed by atoms with van der Waals surface area (Å²) in [5, 5.41) is 3.32. The van der Waals surface area contributed by atoms with Crippen molar-refractivity contribution in [2.45, 2.75) is 32.4 Å². The Morgan fingerprint density at radius 2 is 2.24 bits per heavy atom. The van der Waals surface area contributed by atoms with Crippen LogP contribution in [0.1, 0.15) is 25.3 Å². The third kappa shape index (κ3) is 5.15. The maximum Gasteiger partial charge on any atom is 0.128 e. The highest BCUT2D eigenvalue weighted by Gasteiger charge is 2.08. The normalized spacial score (nSPS) is 12.7. The number of hydrogen-bond donors (Lipinski definition) is 1. The molecule has 0 heterocycles. The summed E-state index contributed by atoms with van der Waals surface area (Å²) in [7, 11) is 1.69. The number of hydrogen-bond acceptors (Lipinski definition) is 2. The summed E-state index contributed by atoms with van der Waals surface area (Å²) in [6, 6.07) is 5.42. The van der Waals surface area contributed by atoms with Crippen LogP contribution in [0, 0.1) is 5.82 Å². The Bertz CT molecular complexity index is 340. The summed E-state index contributed by atoms with van der Waals surface area (Å²) >= 11 is 3.25. The van der Waals surface area contributed by atoms with Crippen LogP contribution in [0.4, 0.5) is 4.39 Å². The lowest BCUT2D eigenvalue weighted by molar-refractivity contribution is 0.161. The van der Waals surface area contributed by atoms with Crippen LogP contribution in [-0.4, -0.2) is 19.8 Å². The molecule has 0 spiro atoms. The van der Waals surface area contributed by atoms with Gasteiger partial charge in [-0.25, -0.2) is 4.39 Å². The predicted molar refractivity (Wildman–Crippen MR) is 71.5 cm³/mol. The van der Waals surface area contributed by atoms with E-state index >= 15 is 0 Å². The van der Waals surface area contributed by atoms with Crippen LogP contribution in [0.5, 0.6) is 0 Å². The molecule has 0 aliphatic rings. The third-order valence-electron chi connectivity index (χ3n) is 2.60. The first-order chi connectivity index (χ1) is 8.17. The van der Waals surface area contributed by atoms with E-state index in [-0.39, 0.29) is 11.9 Å². The Hall–Kier alpha value is -0.450. The Labute approximate surface area is 111 Å². The van der Waals surface area contributed by atoms with Crippen molar-refractivity contribution >= 4 is 15.9 Å². The molecule has 0 saturated heterocycles. The molecule has 0 aromatic heterocycles. The molecule has 0 radical (unpaired) electrons. The Kier molecular flexibility index (Phi) is 6.70. The monoisotopic (exact) mass is 303 g/mol. The number of halogens is 2. The smallest absolute Gasteiger partial charge is 0.128 e. The van der Waals surface area contributed by atoms with Gasteiger partial charge in [-0.2, -0.15) is 0 Å². The molecule has 17 heavy (non-hydrogen) atoms. The van der Waals surface area contributed by atoms with E-state index in [1.807, 2.05) is 6.07 Å². The van der Waals surface area contributed by atoms with E-state index in [1.165, 1.54) is 6.07 Å². The zero-order valence-corrected chi connectivity index (χ0v) is 11.9. The van der Waals surface area contributed by atoms with Gasteiger partial charge in [0.15, 0.2) is 0 Å². The van der Waals surface area contributed by atoms with Gasteiger partial charge in [0.2, 0.25) is 0 Å². The van der Waals surface area contributed by atoms with Crippen LogP contribution in [-0.2, 0) is 11.3 Å². The number of rotatable bonds is 7. The number of benzene rings is 1. The molecule has 0 aliphatic heterocycles. The van der Waals surface area contributed by atoms with Crippen molar-refractivity contribution in [3.63, 3.8) is 0 Å². The minimum absolute atomic E-state index is 0.181. The van der Waals surface area contributed by atoms with Crippen molar-refractivity contribution < 1.29 is 9.13 Å². The summed E-state index contributed by atoms with van der Waals surface area (Å²) in [4.78, 5) is 0. The van der Waals surface area contributed by atoms with Crippen molar-refractivity contribution in [2.75, 3.05) is 13.7 Å². The molecule has 1 N–H and O–H groups in total. The van der Waals surface area contributed by atoms with Gasteiger partial charge in [-0.05, 0) is 18.6 Å². The first-order valence-electron chi connectivity index (χ1n) is 5.83. The van der Waals surface area contributed by atoms with Crippen LogP contribution in [0.15, 0.2) is 22.7 Å². The lowest BCUT2D eigenvalue weighted by Gasteiger charge is -2.17. The fourth-order valence-corrected chi connectivity index (χ4v) is 2.05. The second-order valence-electron chi connectivity index (χ2n) is 4.06. The molecular formula is C13H19BrFNO. The molecule has 1 atom stereocenters. The van der Waals surface area contributed by atoms with Gasteiger partial charge in [0.05, 0.1) is 6.61 Å². The quantitative estimate of drug-likeness (QED) is 0.832. The van der Waals surface area contributed by atoms with E-state index in [9.17, 15) is 4.39 Å². The minimum Gasteiger partial charge on any atom is -0.383 e. The molecule has 0 fully saturated rings. The summed E-state index contributed by atoms with van der Waals surface area (Å²) in [5.74, 6) is -0.181. The van der Waals surface area contributed by atoms with E-state index < -0.39 is 0 Å². The largest absolute Gasteiger partial charge is 0.383 e. The highest BCUT2D eigenvalue weighted by molar-refractivity contribution is 9.10. The van der Waals surface area contributed by atoms with E-state index in [1.54, 1.807) is 13.2 Å². The van der Waals surface area contributed by atoms with Crippen LogP contribution >= 0.6 is 15.9 Å². The Balaban J connectivity index is 2.52. The van der Waals surface area contributed by atoms with Crippen LogP contribution in [0.2, 0.25) is 0 Å². The molecule has 0 saturated carbocycles. The second kappa shape index (κ2) is 7.80. The first kappa shape index (κ1) is 14.6. The molecular weight excluding hydrogens is 285 g/mol. The van der Waals surface area contributed by atoms with Crippen molar-refractivity contribution in [1.82, 2.24) is 5.32 Å². The number of nitrogens with one attached hydrogen (secondary N) is 1. The topological polar surface area (TPSA) is 21.3 Å². The molecule has 0 bridgehead atoms. The standard InChI is InChI=1S/C13H19BrFNO/c1-3-4-12(9-17-2)16-8-10-5-6-11(14)7-13(10)15/h5-7,12,16H,3-4,8-9H2,1-2H3. The number of methoxy groups -OCH3 is 1. The zero-order chi connectivity index (χ0) is 12.7. The fraction of sp³-hybridized carbons (Fsp3) is 0.538. The maximum absolute atomic E-state index is 13.6. The molecule has 1 rings (SSSR count). The Morgan fingerprint density at radius 3 is 2.82 bits per heavy atom. The van der Waals surface area contributed by atoms with Crippen LogP contribution in [0.25, 0.3) is 0 Å². The van der Waals surface area contributed by atoms with Crippen LogP contribution < -0.4 is 5.32 Å². The van der Waals surface area contributed by atoms with Crippen molar-refractivity contribution in [2.24, 2.45) is 0 Å². The zero-order valence-electron chi connectivity index (χ0n) is 10.3. The third-order valence-corrected chi connectivity index (χ3v) is 3.09. The average molecular weight is 304 g/mol. The second-order valence-corrected chi connectivity index (χ2v) is 4.97. The average Bonchev–Trinajstić information content (AvgIpc) is 2.28. The summed E-state index contributed by atoms with van der Waals surface area (Å²) in [6.07, 6.45) is 2.12. The molecule has 1 unspecified atom stereocenters. The lowest BCUT2D eigenvalue weighted by Crippen LogP contribution is -2.32. The van der Waals surface area contributed by atoms with E-state index in [4.69, 9.17) is 4.74 Å². The van der Waals surface area contributed by atoms with Crippen molar-refractivity contribution in [3.05, 3.63) is 34.1 Å². The molecule has 1 aromatic rings. The van der Waals surface area contributed by atoms with Gasteiger partial charge in [0.25, 0.3) is 0 Å². The molecule has 2 nitrogen and oxygen atoms in total.